The Labute approximate surface area is 179 Å². The third-order valence-corrected chi connectivity index (χ3v) is 6.30. The van der Waals surface area contributed by atoms with E-state index >= 15 is 0 Å². The lowest BCUT2D eigenvalue weighted by Crippen LogP contribution is -2.38. The number of rotatable bonds is 5. The lowest BCUT2D eigenvalue weighted by Gasteiger charge is -2.24. The molecule has 1 aromatic heterocycles. The predicted octanol–water partition coefficient (Wildman–Crippen LogP) is 2.64. The van der Waals surface area contributed by atoms with Gasteiger partial charge in [0.15, 0.2) is 0 Å². The van der Waals surface area contributed by atoms with Crippen molar-refractivity contribution in [1.82, 2.24) is 21.2 Å². The topological polar surface area (TPSA) is 62.9 Å². The fourth-order valence-electron chi connectivity index (χ4n) is 3.41. The molecule has 7 nitrogen and oxygen atoms in total. The molecule has 154 valence electrons. The number of hydrogen-bond acceptors (Lipinski definition) is 7. The third kappa shape index (κ3) is 5.02. The van der Waals surface area contributed by atoms with Gasteiger partial charge in [-0.05, 0) is 56.4 Å². The number of thiophene rings is 1. The minimum Gasteiger partial charge on any atom is -0.370 e. The first-order valence-electron chi connectivity index (χ1n) is 9.67. The van der Waals surface area contributed by atoms with Crippen molar-refractivity contribution in [3.63, 3.8) is 0 Å². The molecule has 29 heavy (non-hydrogen) atoms. The van der Waals surface area contributed by atoms with Crippen LogP contribution in [0.4, 0.5) is 11.4 Å². The Hall–Kier alpha value is -2.26. The van der Waals surface area contributed by atoms with Crippen LogP contribution in [0.15, 0.2) is 48.3 Å². The highest BCUT2D eigenvalue weighted by atomic mass is 35.5. The zero-order valence-corrected chi connectivity index (χ0v) is 17.9. The summed E-state index contributed by atoms with van der Waals surface area (Å²) < 4.78 is 0.608. The van der Waals surface area contributed by atoms with Crippen LogP contribution in [0.25, 0.3) is 0 Å². The van der Waals surface area contributed by atoms with E-state index in [9.17, 15) is 4.79 Å². The Bertz CT molecular complexity index is 883. The Balaban J connectivity index is 1.33. The van der Waals surface area contributed by atoms with Crippen molar-refractivity contribution < 1.29 is 4.79 Å². The second kappa shape index (κ2) is 9.04. The molecule has 4 rings (SSSR count). The van der Waals surface area contributed by atoms with E-state index in [1.807, 2.05) is 11.2 Å². The maximum Gasteiger partial charge on any atom is 0.261 e. The van der Waals surface area contributed by atoms with Gasteiger partial charge in [0, 0.05) is 31.5 Å². The summed E-state index contributed by atoms with van der Waals surface area (Å²) in [5.41, 5.74) is 9.35. The minimum absolute atomic E-state index is 0.129. The van der Waals surface area contributed by atoms with Gasteiger partial charge in [0.2, 0.25) is 0 Å². The van der Waals surface area contributed by atoms with Crippen LogP contribution in [0, 0.1) is 0 Å². The number of anilines is 2. The number of benzene rings is 1. The Morgan fingerprint density at radius 3 is 2.66 bits per heavy atom. The summed E-state index contributed by atoms with van der Waals surface area (Å²) in [5.74, 6) is -0.129. The molecular formula is C20H25ClN6OS. The Morgan fingerprint density at radius 2 is 1.90 bits per heavy atom. The van der Waals surface area contributed by atoms with Gasteiger partial charge in [0.05, 0.1) is 27.1 Å². The molecule has 9 heteroatoms. The lowest BCUT2D eigenvalue weighted by molar-refractivity contribution is 0.0960. The van der Waals surface area contributed by atoms with Crippen molar-refractivity contribution in [2.24, 2.45) is 0 Å². The molecule has 0 spiro atoms. The standard InChI is InChI=1S/C20H25ClN6OS/c1-25-9-2-10-26(12-11-25)16-3-5-17(6-4-16)27-14-15(23-24-27)13-22-20(28)18-7-8-19(21)29-18/h3-8,14,23-24H,2,9-13H2,1H3,(H,22,28). The monoisotopic (exact) mass is 432 g/mol. The van der Waals surface area contributed by atoms with E-state index in [0.717, 1.165) is 37.6 Å². The molecule has 0 atom stereocenters. The molecule has 0 saturated carbocycles. The smallest absolute Gasteiger partial charge is 0.261 e. The van der Waals surface area contributed by atoms with Crippen molar-refractivity contribution >= 4 is 40.2 Å². The fraction of sp³-hybridized carbons (Fsp3) is 0.350. The fourth-order valence-corrected chi connectivity index (χ4v) is 4.37. The number of amides is 1. The molecule has 1 aromatic carbocycles. The number of likely N-dealkylation sites (N-methyl/N-ethyl adjacent to an activating group) is 1. The first kappa shape index (κ1) is 20.0. The van der Waals surface area contributed by atoms with Crippen LogP contribution in [0.5, 0.6) is 0 Å². The Morgan fingerprint density at radius 1 is 1.10 bits per heavy atom. The van der Waals surface area contributed by atoms with E-state index in [4.69, 9.17) is 11.6 Å². The molecule has 0 radical (unpaired) electrons. The zero-order valence-electron chi connectivity index (χ0n) is 16.3. The summed E-state index contributed by atoms with van der Waals surface area (Å²) >= 11 is 7.16. The van der Waals surface area contributed by atoms with Crippen molar-refractivity contribution in [3.8, 4) is 0 Å². The average molecular weight is 433 g/mol. The largest absolute Gasteiger partial charge is 0.370 e. The molecule has 3 N–H and O–H groups in total. The number of hydrogen-bond donors (Lipinski definition) is 3. The highest BCUT2D eigenvalue weighted by Gasteiger charge is 2.16. The molecule has 0 bridgehead atoms. The van der Waals surface area contributed by atoms with Gasteiger partial charge in [-0.2, -0.15) is 0 Å². The maximum atomic E-state index is 12.1. The SMILES string of the molecule is CN1CCCN(c2ccc(N3C=C(CNC(=O)c4ccc(Cl)s4)NN3)cc2)CC1. The van der Waals surface area contributed by atoms with Gasteiger partial charge in [0.25, 0.3) is 5.91 Å². The van der Waals surface area contributed by atoms with Gasteiger partial charge in [-0.25, -0.2) is 0 Å². The minimum atomic E-state index is -0.129. The van der Waals surface area contributed by atoms with E-state index in [-0.39, 0.29) is 5.91 Å². The molecule has 0 unspecified atom stereocenters. The molecule has 1 saturated heterocycles. The molecule has 3 heterocycles. The van der Waals surface area contributed by atoms with E-state index in [2.05, 4.69) is 57.4 Å². The number of hydrazine groups is 2. The van der Waals surface area contributed by atoms with Crippen molar-refractivity contribution in [2.45, 2.75) is 6.42 Å². The second-order valence-electron chi connectivity index (χ2n) is 7.21. The van der Waals surface area contributed by atoms with Crippen LogP contribution in [-0.2, 0) is 0 Å². The first-order valence-corrected chi connectivity index (χ1v) is 10.9. The van der Waals surface area contributed by atoms with Crippen LogP contribution >= 0.6 is 22.9 Å². The average Bonchev–Trinajstić information content (AvgIpc) is 3.32. The van der Waals surface area contributed by atoms with Crippen molar-refractivity contribution in [3.05, 3.63) is 57.5 Å². The third-order valence-electron chi connectivity index (χ3n) is 5.07. The number of nitrogens with zero attached hydrogens (tertiary/aromatic N) is 3. The number of carbonyl (C=O) groups excluding carboxylic acids is 1. The van der Waals surface area contributed by atoms with E-state index in [1.165, 1.54) is 23.4 Å². The van der Waals surface area contributed by atoms with Crippen LogP contribution in [0.2, 0.25) is 4.34 Å². The zero-order chi connectivity index (χ0) is 20.2. The summed E-state index contributed by atoms with van der Waals surface area (Å²) in [5, 5.41) is 4.80. The molecular weight excluding hydrogens is 408 g/mol. The van der Waals surface area contributed by atoms with Crippen molar-refractivity contribution in [2.75, 3.05) is 49.7 Å². The van der Waals surface area contributed by atoms with Crippen LogP contribution in [0.1, 0.15) is 16.1 Å². The Kier molecular flexibility index (Phi) is 6.25. The van der Waals surface area contributed by atoms with Gasteiger partial charge in [0.1, 0.15) is 0 Å². The highest BCUT2D eigenvalue weighted by molar-refractivity contribution is 7.17. The summed E-state index contributed by atoms with van der Waals surface area (Å²) in [7, 11) is 2.18. The van der Waals surface area contributed by atoms with Gasteiger partial charge < -0.3 is 20.5 Å². The predicted molar refractivity (Wildman–Crippen MR) is 119 cm³/mol. The van der Waals surface area contributed by atoms with Gasteiger partial charge in [-0.3, -0.25) is 9.80 Å². The quantitative estimate of drug-likeness (QED) is 0.675. The van der Waals surface area contributed by atoms with Gasteiger partial charge in [-0.15, -0.1) is 16.9 Å². The molecule has 2 aromatic rings. The van der Waals surface area contributed by atoms with Crippen molar-refractivity contribution in [1.29, 1.82) is 0 Å². The molecule has 2 aliphatic rings. The van der Waals surface area contributed by atoms with Gasteiger partial charge >= 0.3 is 0 Å². The number of carbonyl (C=O) groups is 1. The highest BCUT2D eigenvalue weighted by Crippen LogP contribution is 2.23. The molecule has 1 amide bonds. The second-order valence-corrected chi connectivity index (χ2v) is 8.92. The van der Waals surface area contributed by atoms with Crippen LogP contribution < -0.4 is 26.2 Å². The molecule has 2 aliphatic heterocycles. The normalized spacial score (nSPS) is 17.7. The lowest BCUT2D eigenvalue weighted by atomic mass is 10.2. The van der Waals surface area contributed by atoms with Crippen LogP contribution in [0.3, 0.4) is 0 Å². The number of nitrogens with one attached hydrogen (secondary N) is 3. The van der Waals surface area contributed by atoms with E-state index in [1.54, 1.807) is 12.1 Å². The summed E-state index contributed by atoms with van der Waals surface area (Å²) in [6.45, 7) is 4.79. The van der Waals surface area contributed by atoms with E-state index < -0.39 is 0 Å². The number of halogens is 1. The molecule has 0 aliphatic carbocycles. The van der Waals surface area contributed by atoms with Crippen LogP contribution in [-0.4, -0.2) is 50.6 Å². The maximum absolute atomic E-state index is 12.1. The summed E-state index contributed by atoms with van der Waals surface area (Å²) in [4.78, 5) is 17.6. The summed E-state index contributed by atoms with van der Waals surface area (Å²) in [6.07, 6.45) is 3.13. The van der Waals surface area contributed by atoms with E-state index in [0.29, 0.717) is 15.8 Å². The van der Waals surface area contributed by atoms with Gasteiger partial charge in [-0.1, -0.05) is 11.6 Å². The summed E-state index contributed by atoms with van der Waals surface area (Å²) in [6, 6.07) is 12.0. The first-order chi connectivity index (χ1) is 14.1. The molecule has 1 fully saturated rings.